The van der Waals surface area contributed by atoms with Crippen molar-refractivity contribution in [1.82, 2.24) is 9.62 Å². The molecule has 264 valence electrons. The number of halogens is 1. The molecule has 2 aromatic rings. The van der Waals surface area contributed by atoms with Crippen LogP contribution in [0.3, 0.4) is 0 Å². The number of fused-ring (bicyclic) bond motifs is 2. The van der Waals surface area contributed by atoms with E-state index >= 15 is 0 Å². The van der Waals surface area contributed by atoms with E-state index in [-0.39, 0.29) is 18.1 Å². The number of ether oxygens (including phenoxy) is 3. The molecule has 3 aliphatic heterocycles. The molecule has 6 atom stereocenters. The number of anilines is 1. The number of nitrogens with one attached hydrogen (secondary N) is 1. The molecule has 6 unspecified atom stereocenters. The number of carbonyl (C=O) groups is 1. The first-order chi connectivity index (χ1) is 23.2. The van der Waals surface area contributed by atoms with Crippen molar-refractivity contribution >= 4 is 35.1 Å². The van der Waals surface area contributed by atoms with Crippen molar-refractivity contribution in [2.24, 2.45) is 23.7 Å². The Kier molecular flexibility index (Phi) is 12.2. The highest BCUT2D eigenvalue weighted by Gasteiger charge is 2.44. The monoisotopic (exact) mass is 697 g/mol. The van der Waals surface area contributed by atoms with Crippen molar-refractivity contribution in [2.75, 3.05) is 51.9 Å². The molecule has 0 radical (unpaired) electrons. The Hall–Kier alpha value is -1.97. The molecule has 4 aliphatic rings. The molecular formula is C39H56ClN3O4S. The van der Waals surface area contributed by atoms with Gasteiger partial charge >= 0.3 is 0 Å². The summed E-state index contributed by atoms with van der Waals surface area (Å²) in [6.07, 6.45) is 8.89. The van der Waals surface area contributed by atoms with Gasteiger partial charge in [0.1, 0.15) is 5.75 Å². The second-order valence-corrected chi connectivity index (χ2v) is 16.6. The Bertz CT molecular complexity index is 1380. The molecule has 9 heteroatoms. The highest BCUT2D eigenvalue weighted by Crippen LogP contribution is 2.47. The van der Waals surface area contributed by atoms with E-state index in [0.717, 1.165) is 81.3 Å². The average molecular weight is 698 g/mol. The summed E-state index contributed by atoms with van der Waals surface area (Å²) in [7, 11) is 4.21. The molecule has 0 spiro atoms. The number of aryl methyl sites for hydroxylation is 1. The fourth-order valence-corrected chi connectivity index (χ4v) is 9.03. The minimum absolute atomic E-state index is 0.0431. The van der Waals surface area contributed by atoms with Gasteiger partial charge in [-0.1, -0.05) is 51.3 Å². The van der Waals surface area contributed by atoms with Crippen LogP contribution >= 0.6 is 23.5 Å². The number of nitrogens with zero attached hydrogens (tertiary/aromatic N) is 2. The number of amides is 1. The van der Waals surface area contributed by atoms with Gasteiger partial charge in [-0.2, -0.15) is 0 Å². The Morgan fingerprint density at radius 3 is 2.52 bits per heavy atom. The van der Waals surface area contributed by atoms with E-state index in [9.17, 15) is 4.79 Å². The van der Waals surface area contributed by atoms with Crippen LogP contribution in [-0.2, 0) is 15.9 Å². The van der Waals surface area contributed by atoms with Gasteiger partial charge in [-0.15, -0.1) is 0 Å². The first-order valence-electron chi connectivity index (χ1n) is 18.4. The van der Waals surface area contributed by atoms with Crippen LogP contribution in [0.2, 0.25) is 5.02 Å². The molecule has 7 nitrogen and oxygen atoms in total. The highest BCUT2D eigenvalue weighted by atomic mass is 35.5. The third kappa shape index (κ3) is 8.31. The van der Waals surface area contributed by atoms with Crippen molar-refractivity contribution in [2.45, 2.75) is 95.6 Å². The second-order valence-electron chi connectivity index (χ2n) is 15.0. The van der Waals surface area contributed by atoms with Crippen LogP contribution in [0.5, 0.6) is 5.75 Å². The zero-order valence-corrected chi connectivity index (χ0v) is 31.2. The minimum Gasteiger partial charge on any atom is -0.491 e. The van der Waals surface area contributed by atoms with Crippen LogP contribution in [0, 0.1) is 23.7 Å². The standard InChI is InChI=1S/C39H56ClN3O4S/c1-6-7-10-27-18-31(40)14-16-33(27)30-21-43-20-29-12-15-34(29)35(39-46-23-32(24-47-39)42(4)5)11-8-9-25(2)26(3)48-41-38(44)28-13-17-37(45-22-30)36(43)19-28/h13-14,16-19,25-26,29-30,32,34-35,39H,6-12,15,20-24H2,1-5H3,(H,41,44). The van der Waals surface area contributed by atoms with Crippen molar-refractivity contribution < 1.29 is 19.0 Å². The zero-order valence-electron chi connectivity index (χ0n) is 29.6. The molecule has 2 bridgehead atoms. The van der Waals surface area contributed by atoms with Gasteiger partial charge in [-0.05, 0) is 124 Å². The fraction of sp³-hybridized carbons (Fsp3) is 0.667. The summed E-state index contributed by atoms with van der Waals surface area (Å²) in [5, 5.41) is 1.10. The Balaban J connectivity index is 1.32. The first-order valence-corrected chi connectivity index (χ1v) is 19.6. The van der Waals surface area contributed by atoms with E-state index < -0.39 is 0 Å². The number of hydrogen-bond donors (Lipinski definition) is 1. The molecule has 6 rings (SSSR count). The maximum absolute atomic E-state index is 13.5. The van der Waals surface area contributed by atoms with Crippen molar-refractivity contribution in [1.29, 1.82) is 0 Å². The molecule has 1 N–H and O–H groups in total. The van der Waals surface area contributed by atoms with Crippen LogP contribution < -0.4 is 14.4 Å². The van der Waals surface area contributed by atoms with Gasteiger partial charge in [0.2, 0.25) is 0 Å². The number of rotatable bonds is 6. The molecule has 1 amide bonds. The maximum Gasteiger partial charge on any atom is 0.261 e. The van der Waals surface area contributed by atoms with E-state index in [1.807, 2.05) is 18.2 Å². The second kappa shape index (κ2) is 16.4. The summed E-state index contributed by atoms with van der Waals surface area (Å²) < 4.78 is 22.8. The van der Waals surface area contributed by atoms with Crippen LogP contribution in [0.1, 0.15) is 93.1 Å². The Morgan fingerprint density at radius 1 is 0.979 bits per heavy atom. The molecule has 2 aromatic carbocycles. The van der Waals surface area contributed by atoms with Crippen molar-refractivity contribution in [3.05, 3.63) is 58.1 Å². The van der Waals surface area contributed by atoms with E-state index in [4.69, 9.17) is 25.8 Å². The Labute approximate surface area is 297 Å². The number of benzene rings is 2. The van der Waals surface area contributed by atoms with E-state index in [0.29, 0.717) is 47.1 Å². The topological polar surface area (TPSA) is 63.3 Å². The third-order valence-corrected chi connectivity index (χ3v) is 13.0. The predicted octanol–water partition coefficient (Wildman–Crippen LogP) is 8.20. The molecule has 1 saturated carbocycles. The SMILES string of the molecule is CCCCc1cc(Cl)ccc1C1COc2ccc3cc2N(C1)CC1CCC1C(C1OCC(N(C)C)CO1)CCCC(C)C(C)SNC3=O. The van der Waals surface area contributed by atoms with E-state index in [1.165, 1.54) is 24.0 Å². The minimum atomic E-state index is -0.149. The van der Waals surface area contributed by atoms with Crippen LogP contribution in [0.25, 0.3) is 0 Å². The largest absolute Gasteiger partial charge is 0.491 e. The van der Waals surface area contributed by atoms with Crippen molar-refractivity contribution in [3.8, 4) is 5.75 Å². The van der Waals surface area contributed by atoms with Crippen molar-refractivity contribution in [3.63, 3.8) is 0 Å². The predicted molar refractivity (Wildman–Crippen MR) is 197 cm³/mol. The third-order valence-electron chi connectivity index (χ3n) is 11.6. The number of likely N-dealkylation sites (N-methyl/N-ethyl adjacent to an activating group) is 1. The lowest BCUT2D eigenvalue weighted by Gasteiger charge is -2.48. The first kappa shape index (κ1) is 35.8. The van der Waals surface area contributed by atoms with Gasteiger partial charge < -0.3 is 24.0 Å². The molecule has 48 heavy (non-hydrogen) atoms. The molecule has 1 saturated heterocycles. The maximum atomic E-state index is 13.5. The van der Waals surface area contributed by atoms with Gasteiger partial charge in [-0.25, -0.2) is 0 Å². The molecule has 3 heterocycles. The molecule has 2 fully saturated rings. The number of carbonyl (C=O) groups excluding carboxylic acids is 1. The lowest BCUT2D eigenvalue weighted by Crippen LogP contribution is -2.50. The lowest BCUT2D eigenvalue weighted by atomic mass is 9.65. The van der Waals surface area contributed by atoms with Gasteiger partial charge in [0.15, 0.2) is 6.29 Å². The molecule has 0 aromatic heterocycles. The summed E-state index contributed by atoms with van der Waals surface area (Å²) in [4.78, 5) is 18.2. The summed E-state index contributed by atoms with van der Waals surface area (Å²) in [6.45, 7) is 10.6. The lowest BCUT2D eigenvalue weighted by molar-refractivity contribution is -0.240. The summed E-state index contributed by atoms with van der Waals surface area (Å²) in [6, 6.07) is 12.7. The van der Waals surface area contributed by atoms with Crippen LogP contribution in [-0.4, -0.2) is 75.4 Å². The van der Waals surface area contributed by atoms with Gasteiger partial charge in [-0.3, -0.25) is 9.52 Å². The highest BCUT2D eigenvalue weighted by molar-refractivity contribution is 7.98. The number of hydrogen-bond acceptors (Lipinski definition) is 7. The smallest absolute Gasteiger partial charge is 0.261 e. The molecular weight excluding hydrogens is 642 g/mol. The normalized spacial score (nSPS) is 31.6. The summed E-state index contributed by atoms with van der Waals surface area (Å²) in [5.41, 5.74) is 4.35. The molecule has 1 aliphatic carbocycles. The number of unbranched alkanes of at least 4 members (excludes halogenated alkanes) is 1. The van der Waals surface area contributed by atoms with E-state index in [2.05, 4.69) is 67.6 Å². The quantitative estimate of drug-likeness (QED) is 0.306. The van der Waals surface area contributed by atoms with Crippen LogP contribution in [0.4, 0.5) is 5.69 Å². The van der Waals surface area contributed by atoms with Gasteiger partial charge in [0.25, 0.3) is 5.91 Å². The summed E-state index contributed by atoms with van der Waals surface area (Å²) >= 11 is 8.07. The van der Waals surface area contributed by atoms with Gasteiger partial charge in [0.05, 0.1) is 31.5 Å². The summed E-state index contributed by atoms with van der Waals surface area (Å²) in [5.74, 6) is 2.90. The Morgan fingerprint density at radius 2 is 1.79 bits per heavy atom. The fourth-order valence-electron chi connectivity index (χ4n) is 8.06. The average Bonchev–Trinajstić information content (AvgIpc) is 3.26. The zero-order chi connectivity index (χ0) is 33.8. The van der Waals surface area contributed by atoms with Crippen LogP contribution in [0.15, 0.2) is 36.4 Å². The van der Waals surface area contributed by atoms with E-state index in [1.54, 1.807) is 11.9 Å². The van der Waals surface area contributed by atoms with Gasteiger partial charge in [0, 0.05) is 40.8 Å².